The van der Waals surface area contributed by atoms with Crippen LogP contribution in [0.2, 0.25) is 0 Å². The molecule has 8 nitrogen and oxygen atoms in total. The van der Waals surface area contributed by atoms with Gasteiger partial charge < -0.3 is 36.1 Å². The SMILES string of the molecule is C=CNc1ccc(COc2ccccc2/C(C)=C/C(=C(N)N)N2CC3CCC(C2)N3c2ccnc(OC3CCC3)c2)cc1. The first-order chi connectivity index (χ1) is 21.0. The zero-order chi connectivity index (χ0) is 29.8. The van der Waals surface area contributed by atoms with Gasteiger partial charge in [0.1, 0.15) is 24.3 Å². The Bertz CT molecular complexity index is 1480. The fourth-order valence-electron chi connectivity index (χ4n) is 6.34. The van der Waals surface area contributed by atoms with Crippen LogP contribution < -0.4 is 31.2 Å². The number of hydrogen-bond acceptors (Lipinski definition) is 8. The van der Waals surface area contributed by atoms with E-state index in [0.29, 0.717) is 30.6 Å². The number of fused-ring (bicyclic) bond motifs is 2. The van der Waals surface area contributed by atoms with Gasteiger partial charge in [0.05, 0.1) is 5.70 Å². The fraction of sp³-hybridized carbons (Fsp3) is 0.343. The third kappa shape index (κ3) is 6.43. The molecule has 43 heavy (non-hydrogen) atoms. The topological polar surface area (TPSA) is 102 Å². The van der Waals surface area contributed by atoms with E-state index in [9.17, 15) is 0 Å². The molecule has 2 aliphatic heterocycles. The van der Waals surface area contributed by atoms with Crippen LogP contribution in [0.15, 0.2) is 97.2 Å². The molecule has 8 heteroatoms. The molecule has 2 atom stereocenters. The van der Waals surface area contributed by atoms with Crippen molar-refractivity contribution in [3.63, 3.8) is 0 Å². The Labute approximate surface area is 254 Å². The Balaban J connectivity index is 1.16. The van der Waals surface area contributed by atoms with Crippen LogP contribution in [0.5, 0.6) is 11.6 Å². The molecule has 3 heterocycles. The van der Waals surface area contributed by atoms with Crippen LogP contribution in [0.1, 0.15) is 50.2 Å². The molecule has 3 fully saturated rings. The maximum atomic E-state index is 6.33. The Hall–Kier alpha value is -4.59. The molecule has 0 spiro atoms. The van der Waals surface area contributed by atoms with E-state index in [4.69, 9.17) is 20.9 Å². The minimum atomic E-state index is 0.314. The molecule has 0 radical (unpaired) electrons. The van der Waals surface area contributed by atoms with Crippen molar-refractivity contribution in [3.8, 4) is 11.6 Å². The lowest BCUT2D eigenvalue weighted by Gasteiger charge is -2.44. The highest BCUT2D eigenvalue weighted by molar-refractivity contribution is 5.71. The average Bonchev–Trinajstić information content (AvgIpc) is 3.26. The number of benzene rings is 2. The van der Waals surface area contributed by atoms with Gasteiger partial charge in [0, 0.05) is 54.4 Å². The van der Waals surface area contributed by atoms with Crippen molar-refractivity contribution in [1.29, 1.82) is 0 Å². The minimum Gasteiger partial charge on any atom is -0.488 e. The van der Waals surface area contributed by atoms with Crippen molar-refractivity contribution in [1.82, 2.24) is 9.88 Å². The summed E-state index contributed by atoms with van der Waals surface area (Å²) in [4.78, 5) is 9.38. The van der Waals surface area contributed by atoms with Crippen LogP contribution in [0.4, 0.5) is 11.4 Å². The number of para-hydroxylation sites is 1. The van der Waals surface area contributed by atoms with Gasteiger partial charge in [-0.15, -0.1) is 0 Å². The van der Waals surface area contributed by atoms with Crippen molar-refractivity contribution in [2.75, 3.05) is 23.3 Å². The summed E-state index contributed by atoms with van der Waals surface area (Å²) in [5.74, 6) is 1.89. The lowest BCUT2D eigenvalue weighted by molar-refractivity contribution is 0.114. The maximum absolute atomic E-state index is 6.33. The summed E-state index contributed by atoms with van der Waals surface area (Å²) < 4.78 is 12.4. The van der Waals surface area contributed by atoms with Crippen LogP contribution in [0.25, 0.3) is 5.57 Å². The van der Waals surface area contributed by atoms with Crippen LogP contribution >= 0.6 is 0 Å². The molecule has 2 aromatic carbocycles. The summed E-state index contributed by atoms with van der Waals surface area (Å²) in [5, 5.41) is 3.10. The highest BCUT2D eigenvalue weighted by atomic mass is 16.5. The molecular formula is C35H42N6O2. The van der Waals surface area contributed by atoms with Crippen LogP contribution in [0, 0.1) is 0 Å². The largest absolute Gasteiger partial charge is 0.488 e. The van der Waals surface area contributed by atoms with E-state index in [0.717, 1.165) is 78.5 Å². The van der Waals surface area contributed by atoms with E-state index < -0.39 is 0 Å². The van der Waals surface area contributed by atoms with Crippen LogP contribution in [-0.4, -0.2) is 41.2 Å². The van der Waals surface area contributed by atoms with Gasteiger partial charge in [-0.1, -0.05) is 36.9 Å². The van der Waals surface area contributed by atoms with Gasteiger partial charge in [0.15, 0.2) is 0 Å². The highest BCUT2D eigenvalue weighted by Crippen LogP contribution is 2.38. The fourth-order valence-corrected chi connectivity index (χ4v) is 6.34. The van der Waals surface area contributed by atoms with Crippen LogP contribution in [-0.2, 0) is 6.61 Å². The first-order valence-electron chi connectivity index (χ1n) is 15.3. The summed E-state index contributed by atoms with van der Waals surface area (Å²) in [5.41, 5.74) is 18.9. The molecule has 5 N–H and O–H groups in total. The third-order valence-corrected chi connectivity index (χ3v) is 8.76. The Morgan fingerprint density at radius 1 is 1.02 bits per heavy atom. The third-order valence-electron chi connectivity index (χ3n) is 8.76. The van der Waals surface area contributed by atoms with E-state index in [-0.39, 0.29) is 0 Å². The number of nitrogens with zero attached hydrogens (tertiary/aromatic N) is 3. The summed E-state index contributed by atoms with van der Waals surface area (Å²) in [6, 6.07) is 21.2. The number of nitrogens with one attached hydrogen (secondary N) is 1. The summed E-state index contributed by atoms with van der Waals surface area (Å²) in [6.07, 6.45) is 11.7. The lowest BCUT2D eigenvalue weighted by atomic mass is 9.96. The van der Waals surface area contributed by atoms with E-state index >= 15 is 0 Å². The molecule has 2 bridgehead atoms. The molecule has 1 saturated carbocycles. The molecule has 224 valence electrons. The molecule has 0 amide bonds. The second-order valence-electron chi connectivity index (χ2n) is 11.7. The quantitative estimate of drug-likeness (QED) is 0.239. The van der Waals surface area contributed by atoms with E-state index in [2.05, 4.69) is 70.0 Å². The minimum absolute atomic E-state index is 0.314. The molecule has 3 aliphatic rings. The van der Waals surface area contributed by atoms with Crippen molar-refractivity contribution in [2.45, 2.75) is 63.8 Å². The summed E-state index contributed by atoms with van der Waals surface area (Å²) in [7, 11) is 0. The van der Waals surface area contributed by atoms with Gasteiger partial charge in [0.25, 0.3) is 0 Å². The van der Waals surface area contributed by atoms with Gasteiger partial charge in [-0.05, 0) is 86.7 Å². The molecule has 6 rings (SSSR count). The number of allylic oxidation sites excluding steroid dienone is 2. The number of pyridine rings is 1. The summed E-state index contributed by atoms with van der Waals surface area (Å²) >= 11 is 0. The molecule has 1 aromatic heterocycles. The first-order valence-corrected chi connectivity index (χ1v) is 15.3. The maximum Gasteiger partial charge on any atom is 0.215 e. The Morgan fingerprint density at radius 2 is 1.77 bits per heavy atom. The number of anilines is 2. The van der Waals surface area contributed by atoms with Gasteiger partial charge in [-0.3, -0.25) is 0 Å². The van der Waals surface area contributed by atoms with Gasteiger partial charge in [-0.25, -0.2) is 4.98 Å². The summed E-state index contributed by atoms with van der Waals surface area (Å²) in [6.45, 7) is 7.97. The van der Waals surface area contributed by atoms with Crippen molar-refractivity contribution in [2.24, 2.45) is 11.5 Å². The number of rotatable bonds is 11. The Morgan fingerprint density at radius 3 is 2.44 bits per heavy atom. The van der Waals surface area contributed by atoms with Gasteiger partial charge >= 0.3 is 0 Å². The average molecular weight is 579 g/mol. The zero-order valence-corrected chi connectivity index (χ0v) is 24.9. The number of aromatic nitrogens is 1. The van der Waals surface area contributed by atoms with Crippen molar-refractivity contribution >= 4 is 16.9 Å². The van der Waals surface area contributed by atoms with Gasteiger partial charge in [0.2, 0.25) is 5.88 Å². The Kier molecular flexibility index (Phi) is 8.45. The number of nitrogens with two attached hydrogens (primary N) is 2. The second-order valence-corrected chi connectivity index (χ2v) is 11.7. The van der Waals surface area contributed by atoms with Gasteiger partial charge in [-0.2, -0.15) is 0 Å². The molecule has 3 aromatic rings. The number of hydrogen-bond donors (Lipinski definition) is 3. The predicted octanol–water partition coefficient (Wildman–Crippen LogP) is 5.99. The monoisotopic (exact) mass is 578 g/mol. The number of ether oxygens (including phenoxy) is 2. The number of piperazine rings is 1. The van der Waals surface area contributed by atoms with Crippen molar-refractivity contribution < 1.29 is 9.47 Å². The molecule has 2 unspecified atom stereocenters. The normalized spacial score (nSPS) is 19.9. The van der Waals surface area contributed by atoms with Crippen molar-refractivity contribution in [3.05, 3.63) is 108 Å². The van der Waals surface area contributed by atoms with E-state index in [1.165, 1.54) is 12.1 Å². The first kappa shape index (κ1) is 28.5. The highest BCUT2D eigenvalue weighted by Gasteiger charge is 2.41. The van der Waals surface area contributed by atoms with E-state index in [1.54, 1.807) is 6.20 Å². The molecule has 2 saturated heterocycles. The van der Waals surface area contributed by atoms with Crippen LogP contribution in [0.3, 0.4) is 0 Å². The molecular weight excluding hydrogens is 536 g/mol. The zero-order valence-electron chi connectivity index (χ0n) is 24.9. The second kappa shape index (κ2) is 12.7. The number of likely N-dealkylation sites (tertiary alicyclic amines) is 1. The lowest BCUT2D eigenvalue weighted by Crippen LogP contribution is -2.53. The standard InChI is InChI=1S/C35H42N6O2/c1-3-38-26-13-11-25(12-14-26)23-42-33-10-5-4-9-31(33)24(2)19-32(35(36)37)40-21-28-15-16-29(22-40)41(28)27-17-18-39-34(20-27)43-30-7-6-8-30/h3-5,9-14,17-20,28-30,38H,1,6-8,15-16,21-23,36-37H2,2H3/b24-19+. The molecule has 1 aliphatic carbocycles. The predicted molar refractivity (Wildman–Crippen MR) is 173 cm³/mol. The smallest absolute Gasteiger partial charge is 0.215 e. The van der Waals surface area contributed by atoms with E-state index in [1.807, 2.05) is 36.5 Å².